The van der Waals surface area contributed by atoms with E-state index in [1.54, 1.807) is 11.1 Å². The number of fused-ring (bicyclic) bond motifs is 1. The van der Waals surface area contributed by atoms with Crippen molar-refractivity contribution in [1.29, 1.82) is 0 Å². The highest BCUT2D eigenvalue weighted by Crippen LogP contribution is 2.53. The van der Waals surface area contributed by atoms with Gasteiger partial charge in [0.05, 0.1) is 5.41 Å². The number of carbonyl (C=O) groups is 1. The van der Waals surface area contributed by atoms with Gasteiger partial charge in [-0.1, -0.05) is 0 Å². The van der Waals surface area contributed by atoms with Crippen LogP contribution in [0.3, 0.4) is 0 Å². The minimum absolute atomic E-state index is 0.217. The number of anilines is 3. The lowest BCUT2D eigenvalue weighted by Crippen LogP contribution is -2.46. The van der Waals surface area contributed by atoms with Gasteiger partial charge in [0, 0.05) is 50.6 Å². The number of hydrogen-bond acceptors (Lipinski definition) is 6. The van der Waals surface area contributed by atoms with E-state index in [9.17, 15) is 4.79 Å². The lowest BCUT2D eigenvalue weighted by atomic mass is 9.69. The van der Waals surface area contributed by atoms with Crippen molar-refractivity contribution in [3.8, 4) is 0 Å². The highest BCUT2D eigenvalue weighted by Gasteiger charge is 2.60. The Labute approximate surface area is 152 Å². The zero-order chi connectivity index (χ0) is 17.9. The zero-order valence-corrected chi connectivity index (χ0v) is 15.1. The molecular formula is C18H23N7O. The molecule has 2 aromatic heterocycles. The number of amides is 1. The Morgan fingerprint density at radius 1 is 1.35 bits per heavy atom. The molecule has 26 heavy (non-hydrogen) atoms. The van der Waals surface area contributed by atoms with Crippen LogP contribution in [0.15, 0.2) is 18.3 Å². The first-order chi connectivity index (χ1) is 12.5. The molecule has 0 aromatic carbocycles. The third kappa shape index (κ3) is 2.43. The fraction of sp³-hybridized carbons (Fsp3) is 0.556. The maximum absolute atomic E-state index is 12.5. The molecule has 0 unspecified atom stereocenters. The fourth-order valence-electron chi connectivity index (χ4n) is 4.29. The first kappa shape index (κ1) is 15.6. The predicted molar refractivity (Wildman–Crippen MR) is 97.4 cm³/mol. The summed E-state index contributed by atoms with van der Waals surface area (Å²) in [6, 6.07) is 4.26. The Balaban J connectivity index is 1.32. The number of H-pyrrole nitrogens is 1. The van der Waals surface area contributed by atoms with Gasteiger partial charge in [-0.05, 0) is 31.7 Å². The van der Waals surface area contributed by atoms with E-state index >= 15 is 0 Å². The lowest BCUT2D eigenvalue weighted by molar-refractivity contribution is -0.141. The Morgan fingerprint density at radius 3 is 2.88 bits per heavy atom. The topological polar surface area (TPSA) is 90.0 Å². The van der Waals surface area contributed by atoms with Crippen LogP contribution in [0.2, 0.25) is 0 Å². The summed E-state index contributed by atoms with van der Waals surface area (Å²) in [5.41, 5.74) is 0.939. The Bertz CT molecular complexity index is 851. The monoisotopic (exact) mass is 353 g/mol. The molecule has 2 saturated carbocycles. The molecule has 8 nitrogen and oxygen atoms in total. The van der Waals surface area contributed by atoms with E-state index < -0.39 is 0 Å². The second kappa shape index (κ2) is 5.43. The summed E-state index contributed by atoms with van der Waals surface area (Å²) in [6.07, 6.45) is 6.03. The summed E-state index contributed by atoms with van der Waals surface area (Å²) in [4.78, 5) is 25.5. The van der Waals surface area contributed by atoms with Gasteiger partial charge in [0.15, 0.2) is 5.82 Å². The molecule has 136 valence electrons. The Kier molecular flexibility index (Phi) is 3.26. The highest BCUT2D eigenvalue weighted by molar-refractivity contribution is 5.86. The molecular weight excluding hydrogens is 330 g/mol. The number of nitrogens with one attached hydrogen (secondary N) is 2. The largest absolute Gasteiger partial charge is 0.348 e. The maximum Gasteiger partial charge on any atom is 0.230 e. The third-order valence-corrected chi connectivity index (χ3v) is 5.80. The van der Waals surface area contributed by atoms with Crippen LogP contribution in [-0.2, 0) is 4.79 Å². The van der Waals surface area contributed by atoms with Crippen LogP contribution >= 0.6 is 0 Å². The number of nitrogens with zero attached hydrogens (tertiary/aromatic N) is 5. The average molecular weight is 353 g/mol. The Hall–Kier alpha value is -2.64. The van der Waals surface area contributed by atoms with Crippen LogP contribution in [0.5, 0.6) is 0 Å². The van der Waals surface area contributed by atoms with Gasteiger partial charge < -0.3 is 15.1 Å². The van der Waals surface area contributed by atoms with Crippen molar-refractivity contribution in [3.05, 3.63) is 24.0 Å². The molecule has 2 bridgehead atoms. The molecule has 2 saturated heterocycles. The van der Waals surface area contributed by atoms with Gasteiger partial charge in [-0.2, -0.15) is 10.1 Å². The van der Waals surface area contributed by atoms with Crippen LogP contribution in [0, 0.1) is 5.41 Å². The number of aromatic nitrogens is 4. The van der Waals surface area contributed by atoms with Gasteiger partial charge in [0.25, 0.3) is 0 Å². The van der Waals surface area contributed by atoms with Crippen molar-refractivity contribution in [2.24, 2.45) is 5.41 Å². The van der Waals surface area contributed by atoms with Gasteiger partial charge >= 0.3 is 0 Å². The lowest BCUT2D eigenvalue weighted by Gasteiger charge is -2.37. The second-order valence-corrected chi connectivity index (χ2v) is 8.02. The molecule has 4 fully saturated rings. The van der Waals surface area contributed by atoms with E-state index in [-0.39, 0.29) is 11.3 Å². The van der Waals surface area contributed by atoms with E-state index in [4.69, 9.17) is 0 Å². The predicted octanol–water partition coefficient (Wildman–Crippen LogP) is 1.88. The van der Waals surface area contributed by atoms with Crippen molar-refractivity contribution in [3.63, 3.8) is 0 Å². The van der Waals surface area contributed by atoms with Crippen LogP contribution in [0.1, 0.15) is 37.3 Å². The molecule has 4 heterocycles. The summed E-state index contributed by atoms with van der Waals surface area (Å²) < 4.78 is 0. The fourth-order valence-corrected chi connectivity index (χ4v) is 4.29. The average Bonchev–Trinajstić information content (AvgIpc) is 3.07. The number of carbonyl (C=O) groups excluding carboxylic acids is 1. The molecule has 0 spiro atoms. The summed E-state index contributed by atoms with van der Waals surface area (Å²) >= 11 is 0. The van der Waals surface area contributed by atoms with Gasteiger partial charge in [-0.25, -0.2) is 4.98 Å². The van der Waals surface area contributed by atoms with Gasteiger partial charge in [-0.3, -0.25) is 9.89 Å². The number of hydrogen-bond donors (Lipinski definition) is 2. The molecule has 8 heteroatoms. The van der Waals surface area contributed by atoms with Gasteiger partial charge in [-0.15, -0.1) is 0 Å². The molecule has 6 rings (SSSR count). The van der Waals surface area contributed by atoms with Crippen molar-refractivity contribution < 1.29 is 4.79 Å². The van der Waals surface area contributed by atoms with Gasteiger partial charge in [0.1, 0.15) is 5.82 Å². The van der Waals surface area contributed by atoms with Crippen molar-refractivity contribution in [2.45, 2.75) is 37.6 Å². The van der Waals surface area contributed by atoms with Crippen molar-refractivity contribution in [2.75, 3.05) is 30.9 Å². The van der Waals surface area contributed by atoms with Crippen molar-refractivity contribution >= 4 is 23.5 Å². The highest BCUT2D eigenvalue weighted by atomic mass is 16.2. The third-order valence-electron chi connectivity index (χ3n) is 5.80. The number of aromatic amines is 1. The smallest absolute Gasteiger partial charge is 0.230 e. The van der Waals surface area contributed by atoms with E-state index in [2.05, 4.69) is 36.4 Å². The van der Waals surface area contributed by atoms with Crippen LogP contribution in [0.4, 0.5) is 17.6 Å². The first-order valence-corrected chi connectivity index (χ1v) is 9.18. The summed E-state index contributed by atoms with van der Waals surface area (Å²) in [6.45, 7) is 0.701. The second-order valence-electron chi connectivity index (χ2n) is 8.02. The summed E-state index contributed by atoms with van der Waals surface area (Å²) in [5, 5.41) is 10.7. The first-order valence-electron chi connectivity index (χ1n) is 9.18. The SMILES string of the molecule is CN(C)C(=O)C12CC(C1)N(c1nccc(Nc3cc(C4CC4)[nH]n3)n1)C2. The van der Waals surface area contributed by atoms with Gasteiger partial charge in [0.2, 0.25) is 11.9 Å². The Morgan fingerprint density at radius 2 is 2.15 bits per heavy atom. The molecule has 2 N–H and O–H groups in total. The van der Waals surface area contributed by atoms with E-state index in [0.29, 0.717) is 24.5 Å². The normalized spacial score (nSPS) is 26.5. The zero-order valence-electron chi connectivity index (χ0n) is 15.1. The number of rotatable bonds is 5. The van der Waals surface area contributed by atoms with Crippen LogP contribution in [0.25, 0.3) is 0 Å². The standard InChI is InChI=1S/C18H23N7O/c1-24(2)16(26)18-8-12(9-18)25(10-18)17-19-6-5-14(21-17)20-15-7-13(22-23-15)11-3-4-11/h5-7,11-12H,3-4,8-10H2,1-2H3,(H2,19,20,21,22,23). The summed E-state index contributed by atoms with van der Waals surface area (Å²) in [7, 11) is 3.65. The quantitative estimate of drug-likeness (QED) is 0.853. The minimum Gasteiger partial charge on any atom is -0.348 e. The summed E-state index contributed by atoms with van der Waals surface area (Å²) in [5.74, 6) is 3.04. The molecule has 0 atom stereocenters. The molecule has 2 aromatic rings. The minimum atomic E-state index is -0.248. The van der Waals surface area contributed by atoms with E-state index in [0.717, 1.165) is 24.5 Å². The van der Waals surface area contributed by atoms with Crippen LogP contribution in [-0.4, -0.2) is 57.7 Å². The molecule has 0 radical (unpaired) electrons. The molecule has 2 aliphatic carbocycles. The molecule has 4 aliphatic rings. The van der Waals surface area contributed by atoms with Crippen molar-refractivity contribution in [1.82, 2.24) is 25.1 Å². The van der Waals surface area contributed by atoms with E-state index in [1.807, 2.05) is 20.2 Å². The van der Waals surface area contributed by atoms with E-state index in [1.165, 1.54) is 18.5 Å². The van der Waals surface area contributed by atoms with Crippen LogP contribution < -0.4 is 10.2 Å². The maximum atomic E-state index is 12.5. The molecule has 1 amide bonds. The molecule has 2 aliphatic heterocycles.